The highest BCUT2D eigenvalue weighted by molar-refractivity contribution is 7.82. The van der Waals surface area contributed by atoms with E-state index >= 15 is 0 Å². The quantitative estimate of drug-likeness (QED) is 0.552. The molecule has 2 N–H and O–H groups in total. The molecule has 1 saturated carbocycles. The van der Waals surface area contributed by atoms with E-state index in [9.17, 15) is 4.21 Å². The number of piperidine rings is 1. The van der Waals surface area contributed by atoms with E-state index in [4.69, 9.17) is 16.6 Å². The van der Waals surface area contributed by atoms with Gasteiger partial charge in [-0.15, -0.1) is 0 Å². The van der Waals surface area contributed by atoms with Gasteiger partial charge in [0.2, 0.25) is 0 Å². The first kappa shape index (κ1) is 21.3. The molecule has 3 aromatic heterocycles. The van der Waals surface area contributed by atoms with Crippen molar-refractivity contribution in [2.24, 2.45) is 11.8 Å². The van der Waals surface area contributed by atoms with Crippen molar-refractivity contribution in [2.75, 3.05) is 29.1 Å². The summed E-state index contributed by atoms with van der Waals surface area (Å²) in [5, 5.41) is 1.56. The van der Waals surface area contributed by atoms with Crippen molar-refractivity contribution in [3.8, 4) is 0 Å². The molecule has 5 atom stereocenters. The number of rotatable bonds is 4. The molecule has 0 spiro atoms. The van der Waals surface area contributed by atoms with Crippen molar-refractivity contribution in [3.63, 3.8) is 0 Å². The van der Waals surface area contributed by atoms with Gasteiger partial charge in [0.05, 0.1) is 22.4 Å². The summed E-state index contributed by atoms with van der Waals surface area (Å²) < 4.78 is 15.1. The maximum atomic E-state index is 11.8. The fourth-order valence-corrected chi connectivity index (χ4v) is 7.05. The molecule has 0 amide bonds. The number of anilines is 2. The van der Waals surface area contributed by atoms with E-state index in [1.54, 1.807) is 12.6 Å². The third kappa shape index (κ3) is 3.70. The number of H-pyrrole nitrogens is 1. The summed E-state index contributed by atoms with van der Waals surface area (Å²) in [7, 11) is -0.982. The summed E-state index contributed by atoms with van der Waals surface area (Å²) in [6.45, 7) is 4.85. The van der Waals surface area contributed by atoms with E-state index in [2.05, 4.69) is 42.5 Å². The molecule has 2 bridgehead atoms. The van der Waals surface area contributed by atoms with E-state index in [1.807, 2.05) is 12.3 Å². The molecule has 0 aromatic carbocycles. The lowest BCUT2D eigenvalue weighted by Gasteiger charge is -2.42. The smallest absolute Gasteiger partial charge is 0.141 e. The average molecular weight is 486 g/mol. The highest BCUT2D eigenvalue weighted by atomic mass is 35.5. The second-order valence-electron chi connectivity index (χ2n) is 9.61. The Balaban J connectivity index is 1.34. The van der Waals surface area contributed by atoms with Crippen LogP contribution in [-0.2, 0) is 24.0 Å². The third-order valence-electron chi connectivity index (χ3n) is 7.58. The second kappa shape index (κ2) is 8.21. The van der Waals surface area contributed by atoms with E-state index in [-0.39, 0.29) is 6.04 Å². The Labute approximate surface area is 200 Å². The van der Waals surface area contributed by atoms with Gasteiger partial charge in [-0.3, -0.25) is 0 Å². The number of fused-ring (bicyclic) bond motifs is 4. The Kier molecular flexibility index (Phi) is 5.31. The van der Waals surface area contributed by atoms with Gasteiger partial charge in [0.15, 0.2) is 0 Å². The number of halogens is 1. The van der Waals surface area contributed by atoms with Gasteiger partial charge in [-0.05, 0) is 43.7 Å². The van der Waals surface area contributed by atoms with Crippen LogP contribution in [0.2, 0.25) is 5.15 Å². The lowest BCUT2D eigenvalue weighted by atomic mass is 9.92. The predicted octanol–water partition coefficient (Wildman–Crippen LogP) is 3.06. The molecule has 5 heterocycles. The molecule has 8 nitrogen and oxygen atoms in total. The van der Waals surface area contributed by atoms with Gasteiger partial charge < -0.3 is 14.8 Å². The molecule has 3 unspecified atom stereocenters. The van der Waals surface area contributed by atoms with Crippen molar-refractivity contribution < 1.29 is 4.21 Å². The summed E-state index contributed by atoms with van der Waals surface area (Å²) in [4.78, 5) is 21.9. The highest BCUT2D eigenvalue weighted by Gasteiger charge is 2.43. The van der Waals surface area contributed by atoms with Crippen LogP contribution in [-0.4, -0.2) is 55.6 Å². The van der Waals surface area contributed by atoms with E-state index in [1.165, 1.54) is 18.4 Å². The van der Waals surface area contributed by atoms with Gasteiger partial charge >= 0.3 is 0 Å². The monoisotopic (exact) mass is 485 g/mol. The van der Waals surface area contributed by atoms with Crippen LogP contribution in [0.1, 0.15) is 31.0 Å². The number of aromatic nitrogens is 4. The maximum Gasteiger partial charge on any atom is 0.141 e. The van der Waals surface area contributed by atoms with Crippen molar-refractivity contribution in [1.29, 1.82) is 0 Å². The van der Waals surface area contributed by atoms with Crippen LogP contribution in [0.4, 0.5) is 11.5 Å². The molecular weight excluding hydrogens is 458 g/mol. The molecule has 2 aliphatic heterocycles. The number of aromatic amines is 1. The van der Waals surface area contributed by atoms with Crippen molar-refractivity contribution in [3.05, 3.63) is 41.1 Å². The van der Waals surface area contributed by atoms with Gasteiger partial charge in [-0.1, -0.05) is 11.6 Å². The average Bonchev–Trinajstić information content (AvgIpc) is 3.32. The summed E-state index contributed by atoms with van der Waals surface area (Å²) in [6.07, 6.45) is 8.57. The molecule has 33 heavy (non-hydrogen) atoms. The minimum absolute atomic E-state index is 0.280. The van der Waals surface area contributed by atoms with Crippen LogP contribution in [0.25, 0.3) is 11.0 Å². The van der Waals surface area contributed by atoms with Crippen LogP contribution in [0.5, 0.6) is 0 Å². The molecule has 3 aliphatic rings. The van der Waals surface area contributed by atoms with Crippen LogP contribution < -0.4 is 14.5 Å². The molecule has 174 valence electrons. The molecule has 3 aromatic rings. The molecule has 10 heteroatoms. The Morgan fingerprint density at radius 2 is 2.03 bits per heavy atom. The first-order chi connectivity index (χ1) is 16.0. The van der Waals surface area contributed by atoms with Gasteiger partial charge in [0.1, 0.15) is 22.9 Å². The predicted molar refractivity (Wildman–Crippen MR) is 132 cm³/mol. The SMILES string of the molecule is CC1Cc2ncnc(N3C[C@H]4CC[C@@H](C3)C4NS(C)=O)c2CN1c1cc(Cl)nc2[nH]ccc12. The van der Waals surface area contributed by atoms with Crippen molar-refractivity contribution in [2.45, 2.75) is 44.8 Å². The van der Waals surface area contributed by atoms with E-state index in [0.717, 1.165) is 54.3 Å². The van der Waals surface area contributed by atoms with Crippen LogP contribution in [0.15, 0.2) is 24.7 Å². The third-order valence-corrected chi connectivity index (χ3v) is 8.38. The Bertz CT molecular complexity index is 1220. The van der Waals surface area contributed by atoms with Crippen LogP contribution >= 0.6 is 11.6 Å². The molecular formula is C23H28ClN7OS. The van der Waals surface area contributed by atoms with Gasteiger partial charge in [-0.2, -0.15) is 0 Å². The van der Waals surface area contributed by atoms with E-state index < -0.39 is 11.0 Å². The normalized spacial score (nSPS) is 27.7. The first-order valence-corrected chi connectivity index (χ1v) is 13.5. The van der Waals surface area contributed by atoms with Crippen LogP contribution in [0, 0.1) is 11.8 Å². The first-order valence-electron chi connectivity index (χ1n) is 11.6. The number of nitrogens with one attached hydrogen (secondary N) is 2. The lowest BCUT2D eigenvalue weighted by Crippen LogP contribution is -2.52. The lowest BCUT2D eigenvalue weighted by molar-refractivity contribution is 0.334. The molecule has 6 rings (SSSR count). The fraction of sp³-hybridized carbons (Fsp3) is 0.522. The number of hydrogen-bond acceptors (Lipinski definition) is 6. The molecule has 2 fully saturated rings. The minimum Gasteiger partial charge on any atom is -0.363 e. The van der Waals surface area contributed by atoms with Crippen LogP contribution in [0.3, 0.4) is 0 Å². The summed E-state index contributed by atoms with van der Waals surface area (Å²) in [5.74, 6) is 2.04. The standard InChI is InChI=1S/C23H28ClN7OS/c1-13-7-18-17(11-31(13)19-8-20(24)28-22-16(19)5-6-25-22)23(27-12-26-18)30-9-14-3-4-15(10-30)21(14)29-33(2)32/h5-6,8,12-15,21,29H,3-4,7,9-11H2,1-2H3,(H,25,28)/t13?,14-,15+,21?,33?. The molecule has 1 saturated heterocycles. The van der Waals surface area contributed by atoms with Crippen molar-refractivity contribution in [1.82, 2.24) is 24.7 Å². The fourth-order valence-electron chi connectivity index (χ4n) is 6.09. The zero-order valence-corrected chi connectivity index (χ0v) is 20.4. The summed E-state index contributed by atoms with van der Waals surface area (Å²) in [5.41, 5.74) is 4.24. The van der Waals surface area contributed by atoms with E-state index in [0.29, 0.717) is 23.0 Å². The Morgan fingerprint density at radius 1 is 1.24 bits per heavy atom. The van der Waals surface area contributed by atoms with Gasteiger partial charge in [0, 0.05) is 61.5 Å². The minimum atomic E-state index is -0.982. The number of pyridine rings is 1. The number of hydrogen-bond donors (Lipinski definition) is 2. The summed E-state index contributed by atoms with van der Waals surface area (Å²) in [6, 6.07) is 4.64. The largest absolute Gasteiger partial charge is 0.363 e. The second-order valence-corrected chi connectivity index (χ2v) is 11.1. The molecule has 0 radical (unpaired) electrons. The van der Waals surface area contributed by atoms with Gasteiger partial charge in [-0.25, -0.2) is 23.9 Å². The zero-order chi connectivity index (χ0) is 22.7. The topological polar surface area (TPSA) is 90.0 Å². The maximum absolute atomic E-state index is 11.8. The summed E-state index contributed by atoms with van der Waals surface area (Å²) >= 11 is 6.37. The van der Waals surface area contributed by atoms with Gasteiger partial charge in [0.25, 0.3) is 0 Å². The highest BCUT2D eigenvalue weighted by Crippen LogP contribution is 2.41. The zero-order valence-electron chi connectivity index (χ0n) is 18.8. The molecule has 1 aliphatic carbocycles. The van der Waals surface area contributed by atoms with Crippen molar-refractivity contribution >= 4 is 45.1 Å². The Hall–Kier alpha value is -2.23. The number of nitrogens with zero attached hydrogens (tertiary/aromatic N) is 5. The Morgan fingerprint density at radius 3 is 2.79 bits per heavy atom.